The molecule has 106 valence electrons. The fourth-order valence-corrected chi connectivity index (χ4v) is 2.16. The number of Topliss-reactive ketones (excluding diaryl/α,β-unsaturated/α-hetero) is 1. The van der Waals surface area contributed by atoms with E-state index >= 15 is 0 Å². The van der Waals surface area contributed by atoms with Crippen LogP contribution in [0.5, 0.6) is 0 Å². The van der Waals surface area contributed by atoms with Gasteiger partial charge in [0.1, 0.15) is 17.8 Å². The van der Waals surface area contributed by atoms with E-state index in [0.717, 1.165) is 23.3 Å². The van der Waals surface area contributed by atoms with Crippen LogP contribution in [0.2, 0.25) is 0 Å². The fourth-order valence-electron chi connectivity index (χ4n) is 2.16. The van der Waals surface area contributed by atoms with Gasteiger partial charge >= 0.3 is 5.97 Å². The summed E-state index contributed by atoms with van der Waals surface area (Å²) in [5, 5.41) is 8.80. The molecule has 1 aromatic heterocycles. The first-order chi connectivity index (χ1) is 9.97. The second-order valence-electron chi connectivity index (χ2n) is 4.49. The SMILES string of the molecule is O=C(O)c1coc(CN2C(=O)C(=O)c3ccc(F)cc32)c1. The Bertz CT molecular complexity index is 779. The first-order valence-electron chi connectivity index (χ1n) is 5.94. The van der Waals surface area contributed by atoms with Gasteiger partial charge in [0.2, 0.25) is 0 Å². The lowest BCUT2D eigenvalue weighted by atomic mass is 10.1. The Kier molecular flexibility index (Phi) is 2.83. The Morgan fingerprint density at radius 2 is 2.05 bits per heavy atom. The van der Waals surface area contributed by atoms with Crippen LogP contribution in [0.3, 0.4) is 0 Å². The molecule has 7 heteroatoms. The monoisotopic (exact) mass is 289 g/mol. The number of benzene rings is 1. The van der Waals surface area contributed by atoms with Crippen LogP contribution >= 0.6 is 0 Å². The number of fused-ring (bicyclic) bond motifs is 1. The van der Waals surface area contributed by atoms with Crippen molar-refractivity contribution in [2.75, 3.05) is 4.90 Å². The summed E-state index contributed by atoms with van der Waals surface area (Å²) in [6.07, 6.45) is 1.03. The highest BCUT2D eigenvalue weighted by atomic mass is 19.1. The van der Waals surface area contributed by atoms with E-state index in [1.807, 2.05) is 0 Å². The standard InChI is InChI=1S/C14H8FNO5/c15-8-1-2-10-11(4-8)16(13(18)12(10)17)5-9-3-7(6-21-9)14(19)20/h1-4,6H,5H2,(H,19,20). The number of carbonyl (C=O) groups is 3. The minimum atomic E-state index is -1.17. The minimum Gasteiger partial charge on any atom is -0.478 e. The Hall–Kier alpha value is -2.96. The second-order valence-corrected chi connectivity index (χ2v) is 4.49. The van der Waals surface area contributed by atoms with Crippen molar-refractivity contribution < 1.29 is 28.3 Å². The van der Waals surface area contributed by atoms with Crippen LogP contribution in [-0.2, 0) is 11.3 Å². The molecular formula is C14H8FNO5. The fraction of sp³-hybridized carbons (Fsp3) is 0.0714. The average Bonchev–Trinajstić information content (AvgIpc) is 2.99. The van der Waals surface area contributed by atoms with E-state index < -0.39 is 23.5 Å². The molecule has 0 spiro atoms. The van der Waals surface area contributed by atoms with Crippen LogP contribution in [0.1, 0.15) is 26.5 Å². The molecule has 0 bridgehead atoms. The summed E-state index contributed by atoms with van der Waals surface area (Å²) in [4.78, 5) is 35.5. The number of anilines is 1. The molecule has 0 radical (unpaired) electrons. The normalized spacial score (nSPS) is 13.7. The van der Waals surface area contributed by atoms with Crippen molar-refractivity contribution in [1.29, 1.82) is 0 Å². The molecule has 0 saturated heterocycles. The molecule has 0 atom stereocenters. The van der Waals surface area contributed by atoms with Gasteiger partial charge in [-0.25, -0.2) is 9.18 Å². The third-order valence-corrected chi connectivity index (χ3v) is 3.15. The molecule has 1 aliphatic rings. The number of hydrogen-bond acceptors (Lipinski definition) is 4. The third-order valence-electron chi connectivity index (χ3n) is 3.15. The molecule has 1 aliphatic heterocycles. The quantitative estimate of drug-likeness (QED) is 0.871. The summed E-state index contributed by atoms with van der Waals surface area (Å²) in [7, 11) is 0. The number of rotatable bonds is 3. The van der Waals surface area contributed by atoms with Gasteiger partial charge in [-0.2, -0.15) is 0 Å². The number of nitrogens with zero attached hydrogens (tertiary/aromatic N) is 1. The average molecular weight is 289 g/mol. The van der Waals surface area contributed by atoms with E-state index in [4.69, 9.17) is 9.52 Å². The summed E-state index contributed by atoms with van der Waals surface area (Å²) in [6, 6.07) is 4.68. The summed E-state index contributed by atoms with van der Waals surface area (Å²) >= 11 is 0. The number of ketones is 1. The maximum absolute atomic E-state index is 13.3. The van der Waals surface area contributed by atoms with Crippen molar-refractivity contribution in [3.63, 3.8) is 0 Å². The molecule has 2 aromatic rings. The number of aromatic carboxylic acids is 1. The summed E-state index contributed by atoms with van der Waals surface area (Å²) in [6.45, 7) is -0.145. The summed E-state index contributed by atoms with van der Waals surface area (Å²) in [5.74, 6) is -3.09. The van der Waals surface area contributed by atoms with Crippen molar-refractivity contribution in [3.05, 3.63) is 53.2 Å². The molecule has 0 unspecified atom stereocenters. The molecule has 1 amide bonds. The van der Waals surface area contributed by atoms with Crippen LogP contribution in [0.4, 0.5) is 10.1 Å². The van der Waals surface area contributed by atoms with Crippen LogP contribution in [0, 0.1) is 5.82 Å². The van der Waals surface area contributed by atoms with Crippen molar-refractivity contribution in [2.45, 2.75) is 6.54 Å². The molecule has 0 aliphatic carbocycles. The number of hydrogen-bond donors (Lipinski definition) is 1. The number of carbonyl (C=O) groups excluding carboxylic acids is 2. The molecule has 3 rings (SSSR count). The zero-order valence-corrected chi connectivity index (χ0v) is 10.5. The van der Waals surface area contributed by atoms with E-state index in [1.54, 1.807) is 0 Å². The zero-order chi connectivity index (χ0) is 15.1. The topological polar surface area (TPSA) is 87.8 Å². The van der Waals surface area contributed by atoms with Gasteiger partial charge in [0, 0.05) is 0 Å². The molecular weight excluding hydrogens is 281 g/mol. The van der Waals surface area contributed by atoms with Gasteiger partial charge < -0.3 is 9.52 Å². The highest BCUT2D eigenvalue weighted by Gasteiger charge is 2.36. The number of furan rings is 1. The summed E-state index contributed by atoms with van der Waals surface area (Å²) < 4.78 is 18.3. The Morgan fingerprint density at radius 1 is 1.29 bits per heavy atom. The molecule has 21 heavy (non-hydrogen) atoms. The largest absolute Gasteiger partial charge is 0.478 e. The maximum atomic E-state index is 13.3. The number of halogens is 1. The van der Waals surface area contributed by atoms with Crippen molar-refractivity contribution in [2.24, 2.45) is 0 Å². The second kappa shape index (κ2) is 4.55. The number of carboxylic acids is 1. The van der Waals surface area contributed by atoms with Gasteiger partial charge in [-0.1, -0.05) is 0 Å². The lowest BCUT2D eigenvalue weighted by Crippen LogP contribution is -2.29. The molecule has 1 aromatic carbocycles. The smallest absolute Gasteiger partial charge is 0.338 e. The van der Waals surface area contributed by atoms with E-state index in [2.05, 4.69) is 0 Å². The highest BCUT2D eigenvalue weighted by Crippen LogP contribution is 2.31. The van der Waals surface area contributed by atoms with Gasteiger partial charge in [0.05, 0.1) is 23.4 Å². The molecule has 0 fully saturated rings. The van der Waals surface area contributed by atoms with Crippen LogP contribution in [-0.4, -0.2) is 22.8 Å². The van der Waals surface area contributed by atoms with Crippen molar-refractivity contribution in [1.82, 2.24) is 0 Å². The van der Waals surface area contributed by atoms with Crippen LogP contribution in [0.15, 0.2) is 34.9 Å². The lowest BCUT2D eigenvalue weighted by molar-refractivity contribution is -0.114. The minimum absolute atomic E-state index is 0.0672. The van der Waals surface area contributed by atoms with Crippen molar-refractivity contribution in [3.8, 4) is 0 Å². The van der Waals surface area contributed by atoms with E-state index in [0.29, 0.717) is 0 Å². The molecule has 6 nitrogen and oxygen atoms in total. The predicted octanol–water partition coefficient (Wildman–Crippen LogP) is 1.85. The van der Waals surface area contributed by atoms with Gasteiger partial charge in [0.15, 0.2) is 0 Å². The van der Waals surface area contributed by atoms with E-state index in [-0.39, 0.29) is 29.1 Å². The van der Waals surface area contributed by atoms with E-state index in [9.17, 15) is 18.8 Å². The van der Waals surface area contributed by atoms with E-state index in [1.165, 1.54) is 12.1 Å². The molecule has 1 N–H and O–H groups in total. The number of carboxylic acid groups (broad SMARTS) is 1. The Labute approximate surface area is 117 Å². The molecule has 2 heterocycles. The zero-order valence-electron chi connectivity index (χ0n) is 10.5. The van der Waals surface area contributed by atoms with Gasteiger partial charge in [-0.05, 0) is 24.3 Å². The maximum Gasteiger partial charge on any atom is 0.338 e. The Balaban J connectivity index is 1.95. The number of amides is 1. The van der Waals surface area contributed by atoms with Crippen molar-refractivity contribution >= 4 is 23.3 Å². The van der Waals surface area contributed by atoms with Crippen LogP contribution < -0.4 is 4.90 Å². The lowest BCUT2D eigenvalue weighted by Gasteiger charge is -2.14. The predicted molar refractivity (Wildman–Crippen MR) is 67.6 cm³/mol. The highest BCUT2D eigenvalue weighted by molar-refractivity contribution is 6.52. The van der Waals surface area contributed by atoms with Crippen LogP contribution in [0.25, 0.3) is 0 Å². The first kappa shape index (κ1) is 13.0. The molecule has 0 saturated carbocycles. The van der Waals surface area contributed by atoms with Gasteiger partial charge in [-0.15, -0.1) is 0 Å². The third kappa shape index (κ3) is 2.08. The van der Waals surface area contributed by atoms with Gasteiger partial charge in [0.25, 0.3) is 11.7 Å². The Morgan fingerprint density at radius 3 is 2.71 bits per heavy atom. The first-order valence-corrected chi connectivity index (χ1v) is 5.94. The van der Waals surface area contributed by atoms with Gasteiger partial charge in [-0.3, -0.25) is 14.5 Å². The summed E-state index contributed by atoms with van der Waals surface area (Å²) in [5.41, 5.74) is 0.201.